The molecule has 1 aliphatic rings. The second kappa shape index (κ2) is 10.3. The van der Waals surface area contributed by atoms with E-state index in [0.717, 1.165) is 23.4 Å². The summed E-state index contributed by atoms with van der Waals surface area (Å²) in [7, 11) is 0. The molecule has 168 valence electrons. The molecule has 31 heavy (non-hydrogen) atoms. The summed E-state index contributed by atoms with van der Waals surface area (Å²) in [6.45, 7) is 6.49. The molecule has 0 aliphatic carbocycles. The van der Waals surface area contributed by atoms with Gasteiger partial charge in [0.15, 0.2) is 10.9 Å². The van der Waals surface area contributed by atoms with Crippen LogP contribution in [0.2, 0.25) is 0 Å². The Morgan fingerprint density at radius 3 is 2.48 bits per heavy atom. The predicted octanol–water partition coefficient (Wildman–Crippen LogP) is 4.01. The zero-order chi connectivity index (χ0) is 22.4. The second-order valence-corrected chi connectivity index (χ2v) is 8.52. The van der Waals surface area contributed by atoms with Crippen molar-refractivity contribution in [1.82, 2.24) is 15.3 Å². The minimum absolute atomic E-state index is 0.0649. The molecule has 0 bridgehead atoms. The van der Waals surface area contributed by atoms with Gasteiger partial charge in [-0.05, 0) is 23.6 Å². The van der Waals surface area contributed by atoms with Crippen LogP contribution in [-0.2, 0) is 16.7 Å². The minimum atomic E-state index is -4.55. The van der Waals surface area contributed by atoms with E-state index in [0.29, 0.717) is 50.1 Å². The average molecular weight is 455 g/mol. The van der Waals surface area contributed by atoms with Crippen LogP contribution in [0.4, 0.5) is 19.0 Å². The van der Waals surface area contributed by atoms with Gasteiger partial charge < -0.3 is 15.0 Å². The summed E-state index contributed by atoms with van der Waals surface area (Å²) in [6, 6.07) is 7.97. The number of carbonyl (C=O) groups is 1. The summed E-state index contributed by atoms with van der Waals surface area (Å²) in [5, 5.41) is 2.91. The molecule has 0 radical (unpaired) electrons. The minimum Gasteiger partial charge on any atom is -0.378 e. The van der Waals surface area contributed by atoms with Crippen LogP contribution in [0.5, 0.6) is 0 Å². The fourth-order valence-electron chi connectivity index (χ4n) is 2.88. The lowest BCUT2D eigenvalue weighted by Crippen LogP contribution is -2.37. The van der Waals surface area contributed by atoms with Crippen molar-refractivity contribution in [2.75, 3.05) is 37.7 Å². The van der Waals surface area contributed by atoms with Crippen LogP contribution >= 0.6 is 11.8 Å². The van der Waals surface area contributed by atoms with Crippen molar-refractivity contribution in [2.45, 2.75) is 30.9 Å². The molecule has 2 heterocycles. The standard InChI is InChI=1S/C21H25F3N4O2S/c1-14(2)12-25-19(29)16-5-3-15(4-6-16)13-31-20-26-17(21(22,23)24)11-18(27-20)28-7-9-30-10-8-28/h3-6,11,14H,7-10,12-13H2,1-2H3,(H,25,29). The number of rotatable bonds is 7. The third-order valence-corrected chi connectivity index (χ3v) is 5.49. The van der Waals surface area contributed by atoms with Crippen LogP contribution < -0.4 is 10.2 Å². The molecule has 1 aromatic heterocycles. The largest absolute Gasteiger partial charge is 0.433 e. The number of thioether (sulfide) groups is 1. The lowest BCUT2D eigenvalue weighted by molar-refractivity contribution is -0.141. The molecule has 1 saturated heterocycles. The highest BCUT2D eigenvalue weighted by molar-refractivity contribution is 7.98. The molecule has 1 amide bonds. The van der Waals surface area contributed by atoms with E-state index in [-0.39, 0.29) is 16.9 Å². The van der Waals surface area contributed by atoms with E-state index in [9.17, 15) is 18.0 Å². The van der Waals surface area contributed by atoms with E-state index in [1.807, 2.05) is 13.8 Å². The first-order valence-electron chi connectivity index (χ1n) is 10.0. The Morgan fingerprint density at radius 2 is 1.87 bits per heavy atom. The van der Waals surface area contributed by atoms with E-state index in [4.69, 9.17) is 4.74 Å². The van der Waals surface area contributed by atoms with Crippen molar-refractivity contribution in [3.8, 4) is 0 Å². The molecule has 3 rings (SSSR count). The summed E-state index contributed by atoms with van der Waals surface area (Å²) < 4.78 is 45.3. The predicted molar refractivity (Wildman–Crippen MR) is 113 cm³/mol. The molecule has 1 N–H and O–H groups in total. The maximum absolute atomic E-state index is 13.3. The molecule has 0 spiro atoms. The zero-order valence-electron chi connectivity index (χ0n) is 17.4. The number of aromatic nitrogens is 2. The van der Waals surface area contributed by atoms with Crippen molar-refractivity contribution in [2.24, 2.45) is 5.92 Å². The van der Waals surface area contributed by atoms with Gasteiger partial charge in [0, 0.05) is 37.0 Å². The molecule has 2 aromatic rings. The second-order valence-electron chi connectivity index (χ2n) is 7.58. The SMILES string of the molecule is CC(C)CNC(=O)c1ccc(CSc2nc(N3CCOCC3)cc(C(F)(F)F)n2)cc1. The Hall–Kier alpha value is -2.33. The maximum atomic E-state index is 13.3. The van der Waals surface area contributed by atoms with Gasteiger partial charge in [0.05, 0.1) is 13.2 Å². The average Bonchev–Trinajstić information content (AvgIpc) is 2.76. The first-order valence-corrected chi connectivity index (χ1v) is 11.0. The number of benzene rings is 1. The number of anilines is 1. The van der Waals surface area contributed by atoms with Crippen molar-refractivity contribution in [3.05, 3.63) is 47.2 Å². The Labute approximate surface area is 183 Å². The van der Waals surface area contributed by atoms with Crippen molar-refractivity contribution in [3.63, 3.8) is 0 Å². The number of carbonyl (C=O) groups excluding carboxylic acids is 1. The molecule has 1 aliphatic heterocycles. The van der Waals surface area contributed by atoms with E-state index < -0.39 is 11.9 Å². The van der Waals surface area contributed by atoms with Gasteiger partial charge in [-0.3, -0.25) is 4.79 Å². The first kappa shape index (κ1) is 23.3. The third-order valence-electron chi connectivity index (χ3n) is 4.57. The van der Waals surface area contributed by atoms with Gasteiger partial charge >= 0.3 is 6.18 Å². The summed E-state index contributed by atoms with van der Waals surface area (Å²) in [4.78, 5) is 21.9. The van der Waals surface area contributed by atoms with Crippen LogP contribution in [0.25, 0.3) is 0 Å². The van der Waals surface area contributed by atoms with Crippen LogP contribution in [0.1, 0.15) is 35.5 Å². The van der Waals surface area contributed by atoms with E-state index in [1.54, 1.807) is 29.2 Å². The van der Waals surface area contributed by atoms with Crippen molar-refractivity contribution >= 4 is 23.5 Å². The lowest BCUT2D eigenvalue weighted by Gasteiger charge is -2.28. The number of amides is 1. The Morgan fingerprint density at radius 1 is 1.19 bits per heavy atom. The molecular formula is C21H25F3N4O2S. The molecule has 0 atom stereocenters. The lowest BCUT2D eigenvalue weighted by atomic mass is 10.1. The van der Waals surface area contributed by atoms with Crippen LogP contribution in [0.15, 0.2) is 35.5 Å². The monoisotopic (exact) mass is 454 g/mol. The normalized spacial score (nSPS) is 14.7. The Balaban J connectivity index is 1.69. The number of hydrogen-bond acceptors (Lipinski definition) is 6. The fraction of sp³-hybridized carbons (Fsp3) is 0.476. The smallest absolute Gasteiger partial charge is 0.378 e. The third kappa shape index (κ3) is 6.83. The summed E-state index contributed by atoms with van der Waals surface area (Å²) in [5.41, 5.74) is 0.447. The number of nitrogens with zero attached hydrogens (tertiary/aromatic N) is 3. The Kier molecular flexibility index (Phi) is 7.77. The fourth-order valence-corrected chi connectivity index (χ4v) is 3.69. The molecule has 0 unspecified atom stereocenters. The van der Waals surface area contributed by atoms with Gasteiger partial charge in [0.2, 0.25) is 0 Å². The number of nitrogens with one attached hydrogen (secondary N) is 1. The topological polar surface area (TPSA) is 67.4 Å². The number of hydrogen-bond donors (Lipinski definition) is 1. The summed E-state index contributed by atoms with van der Waals surface area (Å²) in [5.74, 6) is 0.849. The summed E-state index contributed by atoms with van der Waals surface area (Å²) in [6.07, 6.45) is -4.55. The van der Waals surface area contributed by atoms with Crippen molar-refractivity contribution < 1.29 is 22.7 Å². The molecule has 1 aromatic carbocycles. The molecule has 1 fully saturated rings. The highest BCUT2D eigenvalue weighted by Crippen LogP contribution is 2.32. The van der Waals surface area contributed by atoms with Crippen LogP contribution in [0, 0.1) is 5.92 Å². The van der Waals surface area contributed by atoms with Crippen LogP contribution in [-0.4, -0.2) is 48.7 Å². The molecule has 0 saturated carbocycles. The number of morpholine rings is 1. The number of ether oxygens (including phenoxy) is 1. The van der Waals surface area contributed by atoms with Crippen molar-refractivity contribution in [1.29, 1.82) is 0 Å². The van der Waals surface area contributed by atoms with Gasteiger partial charge in [0.1, 0.15) is 5.82 Å². The van der Waals surface area contributed by atoms with Gasteiger partial charge in [-0.2, -0.15) is 13.2 Å². The van der Waals surface area contributed by atoms with Gasteiger partial charge in [0.25, 0.3) is 5.91 Å². The van der Waals surface area contributed by atoms with E-state index in [1.165, 1.54) is 0 Å². The van der Waals surface area contributed by atoms with Gasteiger partial charge in [-0.15, -0.1) is 0 Å². The maximum Gasteiger partial charge on any atom is 0.433 e. The van der Waals surface area contributed by atoms with Gasteiger partial charge in [-0.25, -0.2) is 9.97 Å². The number of alkyl halides is 3. The van der Waals surface area contributed by atoms with Crippen LogP contribution in [0.3, 0.4) is 0 Å². The first-order chi connectivity index (χ1) is 14.7. The highest BCUT2D eigenvalue weighted by Gasteiger charge is 2.34. The number of halogens is 3. The summed E-state index contributed by atoms with van der Waals surface area (Å²) >= 11 is 1.13. The molecular weight excluding hydrogens is 429 g/mol. The van der Waals surface area contributed by atoms with Gasteiger partial charge in [-0.1, -0.05) is 37.7 Å². The van der Waals surface area contributed by atoms with E-state index >= 15 is 0 Å². The Bertz CT molecular complexity index is 885. The quantitative estimate of drug-likeness (QED) is 0.504. The molecule has 10 heteroatoms. The zero-order valence-corrected chi connectivity index (χ0v) is 18.2. The van der Waals surface area contributed by atoms with E-state index in [2.05, 4.69) is 15.3 Å². The molecule has 6 nitrogen and oxygen atoms in total. The highest BCUT2D eigenvalue weighted by atomic mass is 32.2.